The van der Waals surface area contributed by atoms with Crippen molar-refractivity contribution in [2.45, 2.75) is 39.3 Å². The van der Waals surface area contributed by atoms with Gasteiger partial charge >= 0.3 is 0 Å². The quantitative estimate of drug-likeness (QED) is 0.897. The summed E-state index contributed by atoms with van der Waals surface area (Å²) in [6, 6.07) is 7.92. The molecule has 4 nitrogen and oxygen atoms in total. The van der Waals surface area contributed by atoms with Crippen LogP contribution in [-0.4, -0.2) is 16.9 Å². The largest absolute Gasteiger partial charge is 0.497 e. The predicted molar refractivity (Wildman–Crippen MR) is 88.6 cm³/mol. The van der Waals surface area contributed by atoms with Crippen molar-refractivity contribution in [3.8, 4) is 5.75 Å². The van der Waals surface area contributed by atoms with Crippen LogP contribution in [0, 0.1) is 6.92 Å². The van der Waals surface area contributed by atoms with E-state index in [1.54, 1.807) is 7.11 Å². The van der Waals surface area contributed by atoms with Crippen molar-refractivity contribution in [1.29, 1.82) is 0 Å². The van der Waals surface area contributed by atoms with Gasteiger partial charge in [-0.1, -0.05) is 12.1 Å². The predicted octanol–water partition coefficient (Wildman–Crippen LogP) is 3.40. The number of hydrogen-bond donors (Lipinski definition) is 1. The molecule has 1 aromatic heterocycles. The maximum absolute atomic E-state index is 6.56. The molecule has 2 rings (SSSR count). The Kier molecular flexibility index (Phi) is 4.74. The zero-order valence-corrected chi connectivity index (χ0v) is 14.6. The van der Waals surface area contributed by atoms with E-state index >= 15 is 0 Å². The summed E-state index contributed by atoms with van der Waals surface area (Å²) in [5.74, 6) is 0.838. The van der Waals surface area contributed by atoms with Crippen molar-refractivity contribution < 1.29 is 4.74 Å². The van der Waals surface area contributed by atoms with Crippen LogP contribution in [0.5, 0.6) is 5.75 Å². The minimum absolute atomic E-state index is 0.464. The third-order valence-corrected chi connectivity index (χ3v) is 4.77. The molecule has 0 aliphatic rings. The molecule has 1 aromatic carbocycles. The van der Waals surface area contributed by atoms with Crippen LogP contribution in [0.25, 0.3) is 0 Å². The van der Waals surface area contributed by atoms with Gasteiger partial charge in [-0.05, 0) is 54.4 Å². The summed E-state index contributed by atoms with van der Waals surface area (Å²) in [4.78, 5) is 0. The number of aryl methyl sites for hydroxylation is 2. The molecule has 0 fully saturated rings. The number of ether oxygens (including phenoxy) is 1. The molecule has 0 bridgehead atoms. The van der Waals surface area contributed by atoms with Gasteiger partial charge in [0.2, 0.25) is 0 Å². The van der Waals surface area contributed by atoms with Gasteiger partial charge in [0.25, 0.3) is 0 Å². The van der Waals surface area contributed by atoms with Crippen molar-refractivity contribution in [2.24, 2.45) is 5.73 Å². The molecule has 21 heavy (non-hydrogen) atoms. The van der Waals surface area contributed by atoms with Crippen molar-refractivity contribution in [3.05, 3.63) is 45.7 Å². The topological polar surface area (TPSA) is 53.1 Å². The molecular weight excluding hydrogens is 330 g/mol. The Morgan fingerprint density at radius 1 is 1.33 bits per heavy atom. The number of halogens is 1. The van der Waals surface area contributed by atoms with Crippen molar-refractivity contribution in [2.75, 3.05) is 7.11 Å². The zero-order chi connectivity index (χ0) is 15.6. The van der Waals surface area contributed by atoms with Crippen LogP contribution in [-0.2, 0) is 18.5 Å². The van der Waals surface area contributed by atoms with Gasteiger partial charge < -0.3 is 10.5 Å². The lowest BCUT2D eigenvalue weighted by Gasteiger charge is -2.26. The Bertz CT molecular complexity index is 617. The fourth-order valence-electron chi connectivity index (χ4n) is 2.46. The Labute approximate surface area is 134 Å². The summed E-state index contributed by atoms with van der Waals surface area (Å²) in [5, 5.41) is 4.53. The second kappa shape index (κ2) is 6.20. The highest BCUT2D eigenvalue weighted by Crippen LogP contribution is 2.29. The highest BCUT2D eigenvalue weighted by atomic mass is 79.9. The molecule has 1 atom stereocenters. The first kappa shape index (κ1) is 16.0. The van der Waals surface area contributed by atoms with E-state index in [0.29, 0.717) is 6.42 Å². The number of nitrogens with two attached hydrogens (primary N) is 1. The molecule has 0 aliphatic heterocycles. The third kappa shape index (κ3) is 3.30. The van der Waals surface area contributed by atoms with Crippen LogP contribution >= 0.6 is 15.9 Å². The molecule has 2 N–H and O–H groups in total. The van der Waals surface area contributed by atoms with Crippen molar-refractivity contribution >= 4 is 15.9 Å². The van der Waals surface area contributed by atoms with Crippen molar-refractivity contribution in [1.82, 2.24) is 9.78 Å². The normalized spacial score (nSPS) is 14.0. The second-order valence-electron chi connectivity index (χ2n) is 5.48. The third-order valence-electron chi connectivity index (χ3n) is 3.74. The molecule has 0 radical (unpaired) electrons. The van der Waals surface area contributed by atoms with Gasteiger partial charge in [-0.2, -0.15) is 5.10 Å². The van der Waals surface area contributed by atoms with Crippen LogP contribution in [0.15, 0.2) is 28.7 Å². The second-order valence-corrected chi connectivity index (χ2v) is 6.28. The first-order valence-corrected chi connectivity index (χ1v) is 7.83. The van der Waals surface area contributed by atoms with Gasteiger partial charge in [-0.15, -0.1) is 0 Å². The van der Waals surface area contributed by atoms with E-state index in [1.165, 1.54) is 0 Å². The molecule has 0 amide bonds. The molecule has 0 saturated carbocycles. The van der Waals surface area contributed by atoms with Crippen LogP contribution in [0.2, 0.25) is 0 Å². The molecule has 114 valence electrons. The molecule has 1 unspecified atom stereocenters. The number of rotatable bonds is 5. The molecular formula is C16H22BrN3O. The van der Waals surface area contributed by atoms with E-state index in [2.05, 4.69) is 28.0 Å². The summed E-state index contributed by atoms with van der Waals surface area (Å²) in [5.41, 5.74) is 9.31. The molecule has 0 spiro atoms. The minimum Gasteiger partial charge on any atom is -0.497 e. The summed E-state index contributed by atoms with van der Waals surface area (Å²) >= 11 is 3.63. The average molecular weight is 352 g/mol. The monoisotopic (exact) mass is 351 g/mol. The first-order valence-electron chi connectivity index (χ1n) is 7.04. The Hall–Kier alpha value is -1.33. The summed E-state index contributed by atoms with van der Waals surface area (Å²) < 4.78 is 8.26. The molecule has 0 saturated heterocycles. The highest BCUT2D eigenvalue weighted by molar-refractivity contribution is 9.10. The molecule has 1 heterocycles. The Balaban J connectivity index is 2.32. The van der Waals surface area contributed by atoms with Gasteiger partial charge in [-0.3, -0.25) is 4.68 Å². The summed E-state index contributed by atoms with van der Waals surface area (Å²) in [6.45, 7) is 6.97. The van der Waals surface area contributed by atoms with E-state index in [1.807, 2.05) is 42.8 Å². The highest BCUT2D eigenvalue weighted by Gasteiger charge is 2.26. The maximum atomic E-state index is 6.56. The van der Waals surface area contributed by atoms with Crippen LogP contribution in [0.3, 0.4) is 0 Å². The van der Waals surface area contributed by atoms with Crippen LogP contribution < -0.4 is 10.5 Å². The smallest absolute Gasteiger partial charge is 0.118 e. The Morgan fingerprint density at radius 2 is 1.95 bits per heavy atom. The number of methoxy groups -OCH3 is 1. The van der Waals surface area contributed by atoms with Gasteiger partial charge in [0.1, 0.15) is 5.75 Å². The number of aromatic nitrogens is 2. The van der Waals surface area contributed by atoms with E-state index in [0.717, 1.165) is 33.7 Å². The van der Waals surface area contributed by atoms with E-state index in [4.69, 9.17) is 10.5 Å². The van der Waals surface area contributed by atoms with E-state index in [-0.39, 0.29) is 0 Å². The lowest BCUT2D eigenvalue weighted by Crippen LogP contribution is -2.36. The molecule has 2 aromatic rings. The van der Waals surface area contributed by atoms with E-state index < -0.39 is 5.54 Å². The standard InChI is InChI=1S/C16H22BrN3O/c1-5-20-14(15(17)11(2)19-20)10-16(3,18)12-6-8-13(21-4)9-7-12/h6-9H,5,10,18H2,1-4H3. The lowest BCUT2D eigenvalue weighted by molar-refractivity contribution is 0.413. The zero-order valence-electron chi connectivity index (χ0n) is 13.0. The number of nitrogens with zero attached hydrogens (tertiary/aromatic N) is 2. The number of benzene rings is 1. The van der Waals surface area contributed by atoms with Crippen LogP contribution in [0.4, 0.5) is 0 Å². The fraction of sp³-hybridized carbons (Fsp3) is 0.438. The van der Waals surface area contributed by atoms with E-state index in [9.17, 15) is 0 Å². The Morgan fingerprint density at radius 3 is 2.48 bits per heavy atom. The minimum atomic E-state index is -0.464. The average Bonchev–Trinajstić information content (AvgIpc) is 2.74. The van der Waals surface area contributed by atoms with Gasteiger partial charge in [0, 0.05) is 18.5 Å². The number of hydrogen-bond acceptors (Lipinski definition) is 3. The molecule has 5 heteroatoms. The van der Waals surface area contributed by atoms with Gasteiger partial charge in [0.15, 0.2) is 0 Å². The summed E-state index contributed by atoms with van der Waals surface area (Å²) in [6.07, 6.45) is 0.717. The fourth-order valence-corrected chi connectivity index (χ4v) is 2.88. The van der Waals surface area contributed by atoms with Gasteiger partial charge in [-0.25, -0.2) is 0 Å². The molecule has 0 aliphatic carbocycles. The van der Waals surface area contributed by atoms with Crippen LogP contribution in [0.1, 0.15) is 30.8 Å². The SMILES string of the molecule is CCn1nc(C)c(Br)c1CC(C)(N)c1ccc(OC)cc1. The van der Waals surface area contributed by atoms with Crippen molar-refractivity contribution in [3.63, 3.8) is 0 Å². The summed E-state index contributed by atoms with van der Waals surface area (Å²) in [7, 11) is 1.66. The maximum Gasteiger partial charge on any atom is 0.118 e. The lowest BCUT2D eigenvalue weighted by atomic mass is 9.88. The first-order chi connectivity index (χ1) is 9.89. The van der Waals surface area contributed by atoms with Gasteiger partial charge in [0.05, 0.1) is 23.0 Å².